The fourth-order valence-corrected chi connectivity index (χ4v) is 5.49. The van der Waals surface area contributed by atoms with Gasteiger partial charge in [-0.15, -0.1) is 0 Å². The van der Waals surface area contributed by atoms with Gasteiger partial charge in [-0.05, 0) is 78.9 Å². The van der Waals surface area contributed by atoms with E-state index >= 15 is 0 Å². The van der Waals surface area contributed by atoms with E-state index in [2.05, 4.69) is 25.6 Å². The zero-order chi connectivity index (χ0) is 26.6. The van der Waals surface area contributed by atoms with Gasteiger partial charge in [-0.1, -0.05) is 6.07 Å². The first-order valence-electron chi connectivity index (χ1n) is 12.3. The average molecular weight is 537 g/mol. The van der Waals surface area contributed by atoms with Crippen molar-refractivity contribution in [2.75, 3.05) is 11.9 Å². The number of thioether (sulfide) groups is 1. The van der Waals surface area contributed by atoms with E-state index in [1.165, 1.54) is 18.2 Å². The molecular weight excluding hydrogens is 510 g/mol. The van der Waals surface area contributed by atoms with E-state index in [1.807, 2.05) is 11.9 Å². The molecule has 3 aromatic rings. The highest BCUT2D eigenvalue weighted by atomic mass is 32.2. The zero-order valence-electron chi connectivity index (χ0n) is 20.7. The van der Waals surface area contributed by atoms with Crippen LogP contribution >= 0.6 is 11.8 Å². The van der Waals surface area contributed by atoms with Crippen LogP contribution in [0.1, 0.15) is 36.9 Å². The van der Waals surface area contributed by atoms with E-state index in [1.54, 1.807) is 36.8 Å². The van der Waals surface area contributed by atoms with Gasteiger partial charge < -0.3 is 10.2 Å². The molecule has 1 saturated heterocycles. The molecule has 2 fully saturated rings. The Hall–Kier alpha value is -3.70. The number of aromatic nitrogens is 3. The molecule has 38 heavy (non-hydrogen) atoms. The second-order valence-corrected chi connectivity index (χ2v) is 10.3. The summed E-state index contributed by atoms with van der Waals surface area (Å²) in [7, 11) is 1.95. The van der Waals surface area contributed by atoms with E-state index in [9.17, 15) is 18.4 Å². The molecule has 2 N–H and O–H groups in total. The normalized spacial score (nSPS) is 20.6. The summed E-state index contributed by atoms with van der Waals surface area (Å²) < 4.78 is 28.8. The molecule has 5 rings (SSSR count). The van der Waals surface area contributed by atoms with Crippen LogP contribution in [0.4, 0.5) is 19.5 Å². The molecule has 0 bridgehead atoms. The first-order chi connectivity index (χ1) is 18.4. The van der Waals surface area contributed by atoms with Crippen molar-refractivity contribution in [1.29, 1.82) is 0 Å². The first-order valence-corrected chi connectivity index (χ1v) is 13.1. The third-order valence-corrected chi connectivity index (χ3v) is 7.67. The Morgan fingerprint density at radius 3 is 2.58 bits per heavy atom. The number of carbonyl (C=O) groups is 2. The van der Waals surface area contributed by atoms with Crippen LogP contribution < -0.4 is 15.5 Å². The highest BCUT2D eigenvalue weighted by Gasteiger charge is 2.27. The van der Waals surface area contributed by atoms with Crippen LogP contribution in [0.2, 0.25) is 0 Å². The molecule has 0 atom stereocenters. The van der Waals surface area contributed by atoms with E-state index in [4.69, 9.17) is 0 Å². The minimum absolute atomic E-state index is 0.0336. The van der Waals surface area contributed by atoms with E-state index in [0.717, 1.165) is 43.0 Å². The Balaban J connectivity index is 1.19. The van der Waals surface area contributed by atoms with Crippen LogP contribution in [0.25, 0.3) is 17.2 Å². The number of carbonyl (C=O) groups excluding carboxylic acids is 2. The maximum absolute atomic E-state index is 14.4. The van der Waals surface area contributed by atoms with Crippen molar-refractivity contribution < 1.29 is 18.4 Å². The van der Waals surface area contributed by atoms with Gasteiger partial charge in [0.1, 0.15) is 11.6 Å². The smallest absolute Gasteiger partial charge is 0.290 e. The molecule has 196 valence electrons. The lowest BCUT2D eigenvalue weighted by atomic mass is 9.90. The van der Waals surface area contributed by atoms with E-state index in [0.29, 0.717) is 28.7 Å². The summed E-state index contributed by atoms with van der Waals surface area (Å²) in [4.78, 5) is 38.7. The maximum atomic E-state index is 14.4. The van der Waals surface area contributed by atoms with Crippen LogP contribution in [0, 0.1) is 11.6 Å². The van der Waals surface area contributed by atoms with Crippen molar-refractivity contribution >= 4 is 34.9 Å². The van der Waals surface area contributed by atoms with E-state index in [-0.39, 0.29) is 17.6 Å². The predicted molar refractivity (Wildman–Crippen MR) is 142 cm³/mol. The summed E-state index contributed by atoms with van der Waals surface area (Å²) >= 11 is 0.854. The molecule has 11 heteroatoms. The number of anilines is 1. The standard InChI is InChI=1S/C27H26F2N6O2S/c1-35(26-31-12-9-18(33-26)13-23-25(36)34-27(37)38-23)19-7-5-17(6-8-19)32-15-16-14-30-11-10-20(16)24-21(28)3-2-4-22(24)29/h2-4,9-14,17,19,32H,5-8,15H2,1H3,(H,34,36,37). The molecule has 2 aromatic heterocycles. The number of halogens is 2. The number of hydrogen-bond acceptors (Lipinski definition) is 8. The fourth-order valence-electron chi connectivity index (χ4n) is 4.82. The number of hydrogen-bond donors (Lipinski definition) is 2. The summed E-state index contributed by atoms with van der Waals surface area (Å²) in [6.45, 7) is 0.454. The Kier molecular flexibility index (Phi) is 7.75. The third-order valence-electron chi connectivity index (χ3n) is 6.86. The molecule has 8 nitrogen and oxygen atoms in total. The number of imide groups is 1. The van der Waals surface area contributed by atoms with Gasteiger partial charge in [0.25, 0.3) is 11.1 Å². The lowest BCUT2D eigenvalue weighted by Gasteiger charge is -2.35. The Bertz CT molecular complexity index is 1370. The second-order valence-electron chi connectivity index (χ2n) is 9.26. The Morgan fingerprint density at radius 1 is 1.11 bits per heavy atom. The summed E-state index contributed by atoms with van der Waals surface area (Å²) in [6, 6.07) is 7.71. The van der Waals surface area contributed by atoms with Gasteiger partial charge in [-0.25, -0.2) is 18.7 Å². The van der Waals surface area contributed by atoms with Crippen LogP contribution in [0.15, 0.2) is 53.8 Å². The van der Waals surface area contributed by atoms with Crippen LogP contribution in [0.5, 0.6) is 0 Å². The lowest BCUT2D eigenvalue weighted by Crippen LogP contribution is -2.41. The number of rotatable bonds is 7. The van der Waals surface area contributed by atoms with Crippen molar-refractivity contribution in [3.8, 4) is 11.1 Å². The number of benzene rings is 1. The monoisotopic (exact) mass is 536 g/mol. The molecule has 0 radical (unpaired) electrons. The summed E-state index contributed by atoms with van der Waals surface area (Å²) in [6.07, 6.45) is 10.1. The van der Waals surface area contributed by atoms with Crippen LogP contribution in [-0.2, 0) is 11.3 Å². The number of nitrogens with zero attached hydrogens (tertiary/aromatic N) is 4. The number of amides is 2. The van der Waals surface area contributed by atoms with Gasteiger partial charge >= 0.3 is 0 Å². The van der Waals surface area contributed by atoms with Gasteiger partial charge in [0.2, 0.25) is 5.95 Å². The molecule has 2 amide bonds. The average Bonchev–Trinajstić information content (AvgIpc) is 3.24. The van der Waals surface area contributed by atoms with Gasteiger partial charge in [0.15, 0.2) is 0 Å². The molecule has 1 saturated carbocycles. The SMILES string of the molecule is CN(c1nccc(C=C2SC(=O)NC2=O)n1)C1CCC(NCc2cnccc2-c2c(F)cccc2F)CC1. The maximum Gasteiger partial charge on any atom is 0.290 e. The summed E-state index contributed by atoms with van der Waals surface area (Å²) in [5.74, 6) is -1.06. The highest BCUT2D eigenvalue weighted by molar-refractivity contribution is 8.18. The van der Waals surface area contributed by atoms with Gasteiger partial charge in [0, 0.05) is 44.3 Å². The third kappa shape index (κ3) is 5.73. The van der Waals surface area contributed by atoms with E-state index < -0.39 is 22.8 Å². The second kappa shape index (κ2) is 11.4. The molecule has 1 aromatic carbocycles. The topological polar surface area (TPSA) is 100 Å². The van der Waals surface area contributed by atoms with Crippen LogP contribution in [0.3, 0.4) is 0 Å². The van der Waals surface area contributed by atoms with Gasteiger partial charge in [0.05, 0.1) is 16.2 Å². The largest absolute Gasteiger partial charge is 0.341 e. The first kappa shape index (κ1) is 25.9. The highest BCUT2D eigenvalue weighted by Crippen LogP contribution is 2.30. The summed E-state index contributed by atoms with van der Waals surface area (Å²) in [5, 5.41) is 5.38. The molecule has 1 aliphatic heterocycles. The van der Waals surface area contributed by atoms with Crippen molar-refractivity contribution in [3.63, 3.8) is 0 Å². The van der Waals surface area contributed by atoms with Crippen molar-refractivity contribution in [3.05, 3.63) is 76.7 Å². The van der Waals surface area contributed by atoms with Crippen LogP contribution in [-0.4, -0.2) is 45.2 Å². The Labute approximate surface area is 223 Å². The fraction of sp³-hybridized carbons (Fsp3) is 0.296. The number of nitrogens with one attached hydrogen (secondary N) is 2. The molecular formula is C27H26F2N6O2S. The van der Waals surface area contributed by atoms with Crippen molar-refractivity contribution in [2.24, 2.45) is 0 Å². The zero-order valence-corrected chi connectivity index (χ0v) is 21.5. The Morgan fingerprint density at radius 2 is 1.87 bits per heavy atom. The quantitative estimate of drug-likeness (QED) is 0.420. The minimum Gasteiger partial charge on any atom is -0.341 e. The van der Waals surface area contributed by atoms with Crippen molar-refractivity contribution in [2.45, 2.75) is 44.3 Å². The van der Waals surface area contributed by atoms with Crippen molar-refractivity contribution in [1.82, 2.24) is 25.6 Å². The summed E-state index contributed by atoms with van der Waals surface area (Å²) in [5.41, 5.74) is 1.77. The predicted octanol–water partition coefficient (Wildman–Crippen LogP) is 4.68. The molecule has 2 aliphatic rings. The van der Waals surface area contributed by atoms with Gasteiger partial charge in [-0.2, -0.15) is 0 Å². The molecule has 3 heterocycles. The molecule has 1 aliphatic carbocycles. The lowest BCUT2D eigenvalue weighted by molar-refractivity contribution is -0.115. The van der Waals surface area contributed by atoms with Gasteiger partial charge in [-0.3, -0.25) is 19.9 Å². The minimum atomic E-state index is -0.595. The molecule has 0 spiro atoms. The number of pyridine rings is 1. The molecule has 0 unspecified atom stereocenters.